The summed E-state index contributed by atoms with van der Waals surface area (Å²) in [5, 5.41) is 4.79. The van der Waals surface area contributed by atoms with Crippen molar-refractivity contribution in [1.82, 2.24) is 14.8 Å². The largest absolute Gasteiger partial charge is 0.495 e. The SMILES string of the molecule is COCCN(CC(=O)Nc1nc(CC(=O)N2CCN(c3ccccc3OC)CC2)cs1)C(=O)c1ccc(F)cc1. The summed E-state index contributed by atoms with van der Waals surface area (Å²) in [6.45, 7) is 2.75. The summed E-state index contributed by atoms with van der Waals surface area (Å²) in [6, 6.07) is 13.0. The summed E-state index contributed by atoms with van der Waals surface area (Å²) < 4.78 is 23.8. The van der Waals surface area contributed by atoms with E-state index < -0.39 is 17.6 Å². The van der Waals surface area contributed by atoms with Crippen LogP contribution in [0.5, 0.6) is 5.75 Å². The standard InChI is InChI=1S/C28H32FN5O5S/c1-38-16-15-34(27(37)20-7-9-21(29)10-8-20)18-25(35)31-28-30-22(19-40-28)17-26(36)33-13-11-32(12-14-33)23-5-3-4-6-24(23)39-2/h3-10,19H,11-18H2,1-2H3,(H,30,31,35). The molecule has 2 heterocycles. The lowest BCUT2D eigenvalue weighted by Gasteiger charge is -2.36. The first-order chi connectivity index (χ1) is 19.4. The fourth-order valence-electron chi connectivity index (χ4n) is 4.36. The molecule has 12 heteroatoms. The predicted molar refractivity (Wildman–Crippen MR) is 150 cm³/mol. The number of nitrogens with one attached hydrogen (secondary N) is 1. The second-order valence-corrected chi connectivity index (χ2v) is 9.99. The molecule has 1 fully saturated rings. The molecule has 40 heavy (non-hydrogen) atoms. The Kier molecular flexibility index (Phi) is 10.0. The summed E-state index contributed by atoms with van der Waals surface area (Å²) >= 11 is 1.21. The summed E-state index contributed by atoms with van der Waals surface area (Å²) in [5.74, 6) is -0.528. The topological polar surface area (TPSA) is 104 Å². The van der Waals surface area contributed by atoms with E-state index in [2.05, 4.69) is 15.2 Å². The van der Waals surface area contributed by atoms with Crippen molar-refractivity contribution < 1.29 is 28.2 Å². The van der Waals surface area contributed by atoms with Crippen molar-refractivity contribution >= 4 is 39.9 Å². The van der Waals surface area contributed by atoms with Gasteiger partial charge in [-0.05, 0) is 36.4 Å². The number of carbonyl (C=O) groups is 3. The fourth-order valence-corrected chi connectivity index (χ4v) is 5.09. The Morgan fingerprint density at radius 1 is 1.05 bits per heavy atom. The van der Waals surface area contributed by atoms with Crippen molar-refractivity contribution in [2.45, 2.75) is 6.42 Å². The zero-order valence-electron chi connectivity index (χ0n) is 22.5. The molecule has 0 spiro atoms. The number of anilines is 2. The van der Waals surface area contributed by atoms with E-state index in [1.165, 1.54) is 47.6 Å². The Hall–Kier alpha value is -4.03. The monoisotopic (exact) mass is 569 g/mol. The van der Waals surface area contributed by atoms with Crippen LogP contribution in [0.3, 0.4) is 0 Å². The van der Waals surface area contributed by atoms with Gasteiger partial charge in [0.1, 0.15) is 18.1 Å². The van der Waals surface area contributed by atoms with Gasteiger partial charge in [-0.1, -0.05) is 12.1 Å². The first kappa shape index (κ1) is 29.0. The lowest BCUT2D eigenvalue weighted by Crippen LogP contribution is -2.49. The highest BCUT2D eigenvalue weighted by Gasteiger charge is 2.24. The molecular formula is C28H32FN5O5S. The van der Waals surface area contributed by atoms with Crippen molar-refractivity contribution in [3.63, 3.8) is 0 Å². The van der Waals surface area contributed by atoms with Gasteiger partial charge in [-0.15, -0.1) is 11.3 Å². The zero-order chi connectivity index (χ0) is 28.5. The third kappa shape index (κ3) is 7.54. The van der Waals surface area contributed by atoms with Crippen LogP contribution in [0.4, 0.5) is 15.2 Å². The highest BCUT2D eigenvalue weighted by molar-refractivity contribution is 7.13. The minimum Gasteiger partial charge on any atom is -0.495 e. The number of aromatic nitrogens is 1. The van der Waals surface area contributed by atoms with Crippen LogP contribution in [0.25, 0.3) is 0 Å². The Labute approximate surface area is 236 Å². The van der Waals surface area contributed by atoms with Gasteiger partial charge >= 0.3 is 0 Å². The summed E-state index contributed by atoms with van der Waals surface area (Å²) in [4.78, 5) is 48.2. The molecule has 1 N–H and O–H groups in total. The maximum Gasteiger partial charge on any atom is 0.254 e. The molecule has 0 saturated carbocycles. The van der Waals surface area contributed by atoms with Crippen molar-refractivity contribution in [3.8, 4) is 5.75 Å². The number of halogens is 1. The minimum absolute atomic E-state index is 0.0292. The molecule has 3 amide bonds. The van der Waals surface area contributed by atoms with Crippen LogP contribution in [-0.4, -0.2) is 92.6 Å². The number of ether oxygens (including phenoxy) is 2. The van der Waals surface area contributed by atoms with Gasteiger partial charge in [-0.25, -0.2) is 9.37 Å². The third-order valence-corrected chi connectivity index (χ3v) is 7.27. The van der Waals surface area contributed by atoms with E-state index in [1.54, 1.807) is 12.5 Å². The van der Waals surface area contributed by atoms with Crippen molar-refractivity contribution in [2.24, 2.45) is 0 Å². The van der Waals surface area contributed by atoms with Crippen LogP contribution < -0.4 is 15.0 Å². The molecule has 1 aromatic heterocycles. The molecular weight excluding hydrogens is 537 g/mol. The smallest absolute Gasteiger partial charge is 0.254 e. The summed E-state index contributed by atoms with van der Waals surface area (Å²) in [7, 11) is 3.15. The van der Waals surface area contributed by atoms with E-state index in [0.29, 0.717) is 37.0 Å². The van der Waals surface area contributed by atoms with Gasteiger partial charge in [-0.2, -0.15) is 0 Å². The van der Waals surface area contributed by atoms with E-state index in [-0.39, 0.29) is 37.6 Å². The second kappa shape index (κ2) is 13.9. The van der Waals surface area contributed by atoms with E-state index in [9.17, 15) is 18.8 Å². The van der Waals surface area contributed by atoms with Gasteiger partial charge in [0, 0.05) is 50.8 Å². The maximum absolute atomic E-state index is 13.3. The Morgan fingerprint density at radius 3 is 2.48 bits per heavy atom. The van der Waals surface area contributed by atoms with Crippen molar-refractivity contribution in [1.29, 1.82) is 0 Å². The lowest BCUT2D eigenvalue weighted by molar-refractivity contribution is -0.130. The second-order valence-electron chi connectivity index (χ2n) is 9.14. The number of hydrogen-bond donors (Lipinski definition) is 1. The number of thiazole rings is 1. The van der Waals surface area contributed by atoms with Crippen LogP contribution in [0.1, 0.15) is 16.1 Å². The van der Waals surface area contributed by atoms with Gasteiger partial charge in [0.05, 0.1) is 31.5 Å². The van der Waals surface area contributed by atoms with Gasteiger partial charge < -0.3 is 29.5 Å². The van der Waals surface area contributed by atoms with Crippen LogP contribution in [-0.2, 0) is 20.7 Å². The molecule has 1 aliphatic heterocycles. The molecule has 10 nitrogen and oxygen atoms in total. The average Bonchev–Trinajstić information content (AvgIpc) is 3.41. The van der Waals surface area contributed by atoms with Gasteiger partial charge in [-0.3, -0.25) is 14.4 Å². The van der Waals surface area contributed by atoms with Crippen LogP contribution in [0.2, 0.25) is 0 Å². The third-order valence-electron chi connectivity index (χ3n) is 6.47. The number of hydrogen-bond acceptors (Lipinski definition) is 8. The molecule has 4 rings (SSSR count). The molecule has 212 valence electrons. The molecule has 1 aliphatic rings. The molecule has 0 unspecified atom stereocenters. The van der Waals surface area contributed by atoms with E-state index >= 15 is 0 Å². The summed E-state index contributed by atoms with van der Waals surface area (Å²) in [5.41, 5.74) is 1.84. The van der Waals surface area contributed by atoms with Crippen molar-refractivity contribution in [2.75, 3.05) is 70.3 Å². The fraction of sp³-hybridized carbons (Fsp3) is 0.357. The van der Waals surface area contributed by atoms with Gasteiger partial charge in [0.25, 0.3) is 5.91 Å². The van der Waals surface area contributed by atoms with Crippen molar-refractivity contribution in [3.05, 3.63) is 71.0 Å². The number of methoxy groups -OCH3 is 2. The first-order valence-electron chi connectivity index (χ1n) is 12.8. The number of amides is 3. The minimum atomic E-state index is -0.453. The molecule has 0 atom stereocenters. The zero-order valence-corrected chi connectivity index (χ0v) is 23.3. The van der Waals surface area contributed by atoms with E-state index in [0.717, 1.165) is 11.4 Å². The highest BCUT2D eigenvalue weighted by Crippen LogP contribution is 2.28. The Balaban J connectivity index is 1.28. The van der Waals surface area contributed by atoms with E-state index in [1.807, 2.05) is 29.2 Å². The number of nitrogens with zero attached hydrogens (tertiary/aromatic N) is 4. The molecule has 2 aromatic carbocycles. The molecule has 3 aromatic rings. The number of rotatable bonds is 11. The van der Waals surface area contributed by atoms with Crippen LogP contribution in [0, 0.1) is 5.82 Å². The summed E-state index contributed by atoms with van der Waals surface area (Å²) in [6.07, 6.45) is 0.129. The van der Waals surface area contributed by atoms with Crippen LogP contribution in [0.15, 0.2) is 53.9 Å². The number of piperazine rings is 1. The Bertz CT molecular complexity index is 1310. The number of benzene rings is 2. The number of carbonyl (C=O) groups excluding carboxylic acids is 3. The van der Waals surface area contributed by atoms with E-state index in [4.69, 9.17) is 9.47 Å². The predicted octanol–water partition coefficient (Wildman–Crippen LogP) is 2.91. The lowest BCUT2D eigenvalue weighted by atomic mass is 10.2. The molecule has 1 saturated heterocycles. The average molecular weight is 570 g/mol. The first-order valence-corrected chi connectivity index (χ1v) is 13.7. The molecule has 0 radical (unpaired) electrons. The maximum atomic E-state index is 13.3. The highest BCUT2D eigenvalue weighted by atomic mass is 32.1. The quantitative estimate of drug-likeness (QED) is 0.379. The van der Waals surface area contributed by atoms with Gasteiger partial charge in [0.2, 0.25) is 11.8 Å². The molecule has 0 bridgehead atoms. The number of para-hydroxylation sites is 2. The Morgan fingerprint density at radius 2 is 1.77 bits per heavy atom. The molecule has 0 aliphatic carbocycles. The van der Waals surface area contributed by atoms with Gasteiger partial charge in [0.15, 0.2) is 5.13 Å². The normalized spacial score (nSPS) is 13.2. The van der Waals surface area contributed by atoms with Crippen LogP contribution >= 0.6 is 11.3 Å².